The molecule has 1 aliphatic rings. The van der Waals surface area contributed by atoms with Crippen LogP contribution in [0, 0.1) is 0 Å². The monoisotopic (exact) mass is 502 g/mol. The van der Waals surface area contributed by atoms with Gasteiger partial charge in [-0.25, -0.2) is 4.79 Å². The fraction of sp³-hybridized carbons (Fsp3) is 0.462. The second kappa shape index (κ2) is 12.2. The Morgan fingerprint density at radius 1 is 0.889 bits per heavy atom. The van der Waals surface area contributed by atoms with Crippen LogP contribution < -0.4 is 29.0 Å². The number of carbonyl (C=O) groups is 2. The maximum atomic E-state index is 13.5. The van der Waals surface area contributed by atoms with Crippen LogP contribution in [0.15, 0.2) is 24.3 Å². The molecule has 2 aromatic carbocycles. The minimum absolute atomic E-state index is 0.00821. The summed E-state index contributed by atoms with van der Waals surface area (Å²) in [6.07, 6.45) is 0.577. The molecule has 0 radical (unpaired) electrons. The summed E-state index contributed by atoms with van der Waals surface area (Å²) in [6.45, 7) is 5.13. The summed E-state index contributed by atoms with van der Waals surface area (Å²) in [5, 5.41) is 2.90. The van der Waals surface area contributed by atoms with Crippen molar-refractivity contribution in [1.29, 1.82) is 0 Å². The SMILES string of the molecule is CCOc1cc2c(cc1OCC)[C@@H](CC(=O)OC)N(C(=O)Nc1cc(OC)c(OC)c(OC)c1)CC2. The van der Waals surface area contributed by atoms with Crippen molar-refractivity contribution in [3.05, 3.63) is 35.4 Å². The minimum Gasteiger partial charge on any atom is -0.493 e. The standard InChI is InChI=1S/C26H34N2O8/c1-7-35-20-11-16-9-10-28(19(15-24(29)33-5)18(16)14-21(20)36-8-2)26(30)27-17-12-22(31-3)25(34-6)23(13-17)32-4/h11-14,19H,7-10,15H2,1-6H3,(H,27,30)/t19-/m1/s1. The summed E-state index contributed by atoms with van der Waals surface area (Å²) in [5.74, 6) is 2.02. The van der Waals surface area contributed by atoms with Crippen LogP contribution in [0.5, 0.6) is 28.7 Å². The van der Waals surface area contributed by atoms with Gasteiger partial charge in [0, 0.05) is 18.7 Å². The van der Waals surface area contributed by atoms with E-state index in [0.29, 0.717) is 60.6 Å². The molecule has 0 unspecified atom stereocenters. The zero-order chi connectivity index (χ0) is 26.2. The average molecular weight is 503 g/mol. The Balaban J connectivity index is 1.98. The lowest BCUT2D eigenvalue weighted by molar-refractivity contribution is -0.141. The fourth-order valence-electron chi connectivity index (χ4n) is 4.30. The number of benzene rings is 2. The van der Waals surface area contributed by atoms with E-state index in [9.17, 15) is 9.59 Å². The number of hydrogen-bond donors (Lipinski definition) is 1. The number of esters is 1. The van der Waals surface area contributed by atoms with E-state index in [-0.39, 0.29) is 12.5 Å². The largest absolute Gasteiger partial charge is 0.493 e. The number of carbonyl (C=O) groups excluding carboxylic acids is 2. The van der Waals surface area contributed by atoms with E-state index in [1.54, 1.807) is 17.0 Å². The molecular formula is C26H34N2O8. The summed E-state index contributed by atoms with van der Waals surface area (Å²) in [7, 11) is 5.84. The predicted octanol–water partition coefficient (Wildman–Crippen LogP) is 4.20. The van der Waals surface area contributed by atoms with E-state index < -0.39 is 12.0 Å². The summed E-state index contributed by atoms with van der Waals surface area (Å²) in [5.41, 5.74) is 2.27. The first-order valence-electron chi connectivity index (χ1n) is 11.8. The van der Waals surface area contributed by atoms with Gasteiger partial charge in [-0.3, -0.25) is 4.79 Å². The first-order chi connectivity index (χ1) is 17.4. The van der Waals surface area contributed by atoms with E-state index >= 15 is 0 Å². The van der Waals surface area contributed by atoms with E-state index in [0.717, 1.165) is 11.1 Å². The molecule has 196 valence electrons. The lowest BCUT2D eigenvalue weighted by atomic mass is 9.90. The number of anilines is 1. The average Bonchev–Trinajstić information content (AvgIpc) is 2.88. The lowest BCUT2D eigenvalue weighted by Gasteiger charge is -2.37. The number of amides is 2. The highest BCUT2D eigenvalue weighted by Crippen LogP contribution is 2.42. The van der Waals surface area contributed by atoms with Crippen LogP contribution in [0.4, 0.5) is 10.5 Å². The summed E-state index contributed by atoms with van der Waals surface area (Å²) >= 11 is 0. The highest BCUT2D eigenvalue weighted by Gasteiger charge is 2.34. The molecule has 3 rings (SSSR count). The Morgan fingerprint density at radius 3 is 2.03 bits per heavy atom. The van der Waals surface area contributed by atoms with Crippen LogP contribution >= 0.6 is 0 Å². The molecule has 2 aromatic rings. The van der Waals surface area contributed by atoms with Gasteiger partial charge in [-0.05, 0) is 43.5 Å². The third kappa shape index (κ3) is 5.69. The molecule has 2 amide bonds. The van der Waals surface area contributed by atoms with Crippen LogP contribution in [0.1, 0.15) is 37.4 Å². The Labute approximate surface area is 211 Å². The number of fused-ring (bicyclic) bond motifs is 1. The van der Waals surface area contributed by atoms with E-state index in [1.807, 2.05) is 26.0 Å². The molecule has 10 heteroatoms. The van der Waals surface area contributed by atoms with Gasteiger partial charge in [0.1, 0.15) is 0 Å². The maximum Gasteiger partial charge on any atom is 0.322 e. The number of nitrogens with one attached hydrogen (secondary N) is 1. The predicted molar refractivity (Wildman–Crippen MR) is 134 cm³/mol. The van der Waals surface area contributed by atoms with Crippen LogP contribution in [-0.4, -0.2) is 65.1 Å². The van der Waals surface area contributed by atoms with Gasteiger partial charge in [0.05, 0.1) is 59.8 Å². The van der Waals surface area contributed by atoms with E-state index in [1.165, 1.54) is 28.4 Å². The highest BCUT2D eigenvalue weighted by molar-refractivity contribution is 5.91. The van der Waals surface area contributed by atoms with Gasteiger partial charge in [-0.2, -0.15) is 0 Å². The second-order valence-electron chi connectivity index (χ2n) is 7.95. The number of ether oxygens (including phenoxy) is 6. The van der Waals surface area contributed by atoms with Gasteiger partial charge in [0.2, 0.25) is 5.75 Å². The van der Waals surface area contributed by atoms with Crippen molar-refractivity contribution in [1.82, 2.24) is 4.90 Å². The van der Waals surface area contributed by atoms with Gasteiger partial charge < -0.3 is 38.6 Å². The first kappa shape index (κ1) is 26.8. The lowest BCUT2D eigenvalue weighted by Crippen LogP contribution is -2.43. The quantitative estimate of drug-likeness (QED) is 0.482. The van der Waals surface area contributed by atoms with Crippen molar-refractivity contribution >= 4 is 17.7 Å². The van der Waals surface area contributed by atoms with Crippen molar-refractivity contribution < 1.29 is 38.0 Å². The molecule has 10 nitrogen and oxygen atoms in total. The highest BCUT2D eigenvalue weighted by atomic mass is 16.5. The number of nitrogens with zero attached hydrogens (tertiary/aromatic N) is 1. The molecule has 0 aliphatic carbocycles. The molecule has 1 heterocycles. The molecule has 0 bridgehead atoms. The van der Waals surface area contributed by atoms with Crippen molar-refractivity contribution in [3.63, 3.8) is 0 Å². The molecule has 1 aliphatic heterocycles. The van der Waals surface area contributed by atoms with E-state index in [2.05, 4.69) is 5.32 Å². The molecular weight excluding hydrogens is 468 g/mol. The molecule has 0 fully saturated rings. The first-order valence-corrected chi connectivity index (χ1v) is 11.8. The van der Waals surface area contributed by atoms with Gasteiger partial charge in [0.25, 0.3) is 0 Å². The molecule has 0 saturated heterocycles. The topological polar surface area (TPSA) is 105 Å². The van der Waals surface area contributed by atoms with Gasteiger partial charge in [0.15, 0.2) is 23.0 Å². The summed E-state index contributed by atoms with van der Waals surface area (Å²) in [6, 6.07) is 6.15. The molecule has 0 aromatic heterocycles. The molecule has 1 atom stereocenters. The number of urea groups is 1. The van der Waals surface area contributed by atoms with Gasteiger partial charge in [-0.15, -0.1) is 0 Å². The van der Waals surface area contributed by atoms with Crippen molar-refractivity contribution in [2.24, 2.45) is 0 Å². The third-order valence-electron chi connectivity index (χ3n) is 5.93. The van der Waals surface area contributed by atoms with Crippen molar-refractivity contribution in [3.8, 4) is 28.7 Å². The Hall–Kier alpha value is -3.82. The van der Waals surface area contributed by atoms with E-state index in [4.69, 9.17) is 28.4 Å². The fourth-order valence-corrected chi connectivity index (χ4v) is 4.30. The summed E-state index contributed by atoms with van der Waals surface area (Å²) < 4.78 is 32.6. The number of rotatable bonds is 10. The van der Waals surface area contributed by atoms with Gasteiger partial charge in [-0.1, -0.05) is 0 Å². The zero-order valence-electron chi connectivity index (χ0n) is 21.6. The van der Waals surface area contributed by atoms with Crippen molar-refractivity contribution in [2.75, 3.05) is 53.5 Å². The molecule has 36 heavy (non-hydrogen) atoms. The van der Waals surface area contributed by atoms with Crippen molar-refractivity contribution in [2.45, 2.75) is 32.7 Å². The number of methoxy groups -OCH3 is 4. The van der Waals surface area contributed by atoms with Crippen LogP contribution in [-0.2, 0) is 16.0 Å². The zero-order valence-corrected chi connectivity index (χ0v) is 21.6. The number of hydrogen-bond acceptors (Lipinski definition) is 8. The third-order valence-corrected chi connectivity index (χ3v) is 5.93. The molecule has 0 spiro atoms. The second-order valence-corrected chi connectivity index (χ2v) is 7.95. The normalized spacial score (nSPS) is 14.4. The summed E-state index contributed by atoms with van der Waals surface area (Å²) in [4.78, 5) is 27.5. The Kier molecular flexibility index (Phi) is 9.10. The van der Waals surface area contributed by atoms with Crippen LogP contribution in [0.25, 0.3) is 0 Å². The maximum absolute atomic E-state index is 13.5. The van der Waals surface area contributed by atoms with Gasteiger partial charge >= 0.3 is 12.0 Å². The Bertz CT molecular complexity index is 1060. The minimum atomic E-state index is -0.557. The molecule has 1 N–H and O–H groups in total. The smallest absolute Gasteiger partial charge is 0.322 e. The van der Waals surface area contributed by atoms with Crippen LogP contribution in [0.3, 0.4) is 0 Å². The Morgan fingerprint density at radius 2 is 1.50 bits per heavy atom. The van der Waals surface area contributed by atoms with Crippen LogP contribution in [0.2, 0.25) is 0 Å². The molecule has 0 saturated carbocycles.